The van der Waals surface area contributed by atoms with E-state index in [-0.39, 0.29) is 0 Å². The van der Waals surface area contributed by atoms with Crippen molar-refractivity contribution in [3.63, 3.8) is 0 Å². The molecule has 0 aliphatic rings. The Balaban J connectivity index is 1.28. The molecule has 0 saturated carbocycles. The van der Waals surface area contributed by atoms with Crippen molar-refractivity contribution in [3.05, 3.63) is 231 Å². The summed E-state index contributed by atoms with van der Waals surface area (Å²) >= 11 is 0. The molecule has 1 heteroatoms. The highest BCUT2D eigenvalue weighted by molar-refractivity contribution is 5.93. The molecule has 7 aromatic rings. The molecule has 0 aliphatic carbocycles. The molecule has 0 radical (unpaired) electrons. The predicted molar refractivity (Wildman–Crippen MR) is 229 cm³/mol. The Hall–Kier alpha value is -6.18. The van der Waals surface area contributed by atoms with Gasteiger partial charge in [0.1, 0.15) is 0 Å². The summed E-state index contributed by atoms with van der Waals surface area (Å²) in [6.45, 7) is 13.1. The van der Waals surface area contributed by atoms with Gasteiger partial charge in [-0.15, -0.1) is 0 Å². The van der Waals surface area contributed by atoms with Gasteiger partial charge in [-0.05, 0) is 156 Å². The first-order valence-corrected chi connectivity index (χ1v) is 18.5. The molecule has 7 rings (SSSR count). The SMILES string of the molecule is Cc1ccc(N(c2ccc(/C=C(\c3ccccc3)c3ccc(C)c(C)c3)cc2)c2ccc(/C=C(\c3ccccc3)c3ccc(C)c(C)c3)cc2)c(C)c1. The van der Waals surface area contributed by atoms with Gasteiger partial charge in [0.15, 0.2) is 0 Å². The fourth-order valence-corrected chi connectivity index (χ4v) is 6.98. The van der Waals surface area contributed by atoms with Crippen LogP contribution in [-0.4, -0.2) is 0 Å². The third kappa shape index (κ3) is 8.01. The minimum atomic E-state index is 1.12. The Kier molecular flexibility index (Phi) is 10.4. The fourth-order valence-electron chi connectivity index (χ4n) is 6.98. The average Bonchev–Trinajstić information content (AvgIpc) is 3.18. The van der Waals surface area contributed by atoms with Crippen LogP contribution in [0.5, 0.6) is 0 Å². The van der Waals surface area contributed by atoms with Gasteiger partial charge in [0.25, 0.3) is 0 Å². The minimum absolute atomic E-state index is 1.12. The summed E-state index contributed by atoms with van der Waals surface area (Å²) in [6, 6.07) is 59.6. The van der Waals surface area contributed by atoms with Crippen LogP contribution in [0.2, 0.25) is 0 Å². The molecule has 0 saturated heterocycles. The Bertz CT molecular complexity index is 2260. The molecule has 0 aromatic heterocycles. The van der Waals surface area contributed by atoms with Gasteiger partial charge in [-0.3, -0.25) is 0 Å². The van der Waals surface area contributed by atoms with Crippen molar-refractivity contribution >= 4 is 40.4 Å². The van der Waals surface area contributed by atoms with Gasteiger partial charge < -0.3 is 4.90 Å². The normalized spacial score (nSPS) is 11.8. The molecule has 260 valence electrons. The summed E-state index contributed by atoms with van der Waals surface area (Å²) in [5, 5.41) is 0. The molecular formula is C52H47N. The summed E-state index contributed by atoms with van der Waals surface area (Å²) in [7, 11) is 0. The average molecular weight is 686 g/mol. The van der Waals surface area contributed by atoms with Crippen LogP contribution >= 0.6 is 0 Å². The molecule has 0 spiro atoms. The molecule has 0 aliphatic heterocycles. The van der Waals surface area contributed by atoms with Gasteiger partial charge in [-0.1, -0.05) is 139 Å². The molecule has 53 heavy (non-hydrogen) atoms. The van der Waals surface area contributed by atoms with Gasteiger partial charge in [-0.2, -0.15) is 0 Å². The number of rotatable bonds is 9. The van der Waals surface area contributed by atoms with E-state index in [9.17, 15) is 0 Å². The predicted octanol–water partition coefficient (Wildman–Crippen LogP) is 14.2. The van der Waals surface area contributed by atoms with E-state index >= 15 is 0 Å². The summed E-state index contributed by atoms with van der Waals surface area (Å²) in [4.78, 5) is 2.37. The maximum Gasteiger partial charge on any atom is 0.0490 e. The second-order valence-electron chi connectivity index (χ2n) is 14.3. The van der Waals surface area contributed by atoms with E-state index < -0.39 is 0 Å². The summed E-state index contributed by atoms with van der Waals surface area (Å²) in [6.07, 6.45) is 4.62. The second-order valence-corrected chi connectivity index (χ2v) is 14.3. The molecule has 0 unspecified atom stereocenters. The highest BCUT2D eigenvalue weighted by Gasteiger charge is 2.16. The standard InChI is InChI=1S/C52H47N/c1-36-17-30-52(41(6)31-36)53(48-26-20-42(21-27-48)34-50(44-13-9-7-10-14-44)46-24-18-37(2)39(4)32-46)49-28-22-43(23-29-49)35-51(45-15-11-8-12-16-45)47-25-19-38(3)40(5)33-47/h7-35H,1-6H3/b50-34+,51-35+. The molecule has 0 bridgehead atoms. The number of anilines is 3. The van der Waals surface area contributed by atoms with Crippen LogP contribution in [0.4, 0.5) is 17.1 Å². The van der Waals surface area contributed by atoms with Crippen molar-refractivity contribution in [2.75, 3.05) is 4.90 Å². The topological polar surface area (TPSA) is 3.24 Å². The lowest BCUT2D eigenvalue weighted by Gasteiger charge is -2.27. The van der Waals surface area contributed by atoms with E-state index in [0.29, 0.717) is 0 Å². The third-order valence-corrected chi connectivity index (χ3v) is 10.3. The van der Waals surface area contributed by atoms with E-state index in [4.69, 9.17) is 0 Å². The smallest absolute Gasteiger partial charge is 0.0490 e. The van der Waals surface area contributed by atoms with Crippen LogP contribution in [0.3, 0.4) is 0 Å². The first-order valence-electron chi connectivity index (χ1n) is 18.5. The molecule has 7 aromatic carbocycles. The number of aryl methyl sites for hydroxylation is 6. The molecule has 0 atom stereocenters. The zero-order valence-electron chi connectivity index (χ0n) is 31.7. The zero-order valence-corrected chi connectivity index (χ0v) is 31.7. The Morgan fingerprint density at radius 1 is 0.358 bits per heavy atom. The van der Waals surface area contributed by atoms with E-state index in [1.807, 2.05) is 0 Å². The largest absolute Gasteiger partial charge is 0.310 e. The van der Waals surface area contributed by atoms with Gasteiger partial charge in [-0.25, -0.2) is 0 Å². The van der Waals surface area contributed by atoms with Crippen LogP contribution in [0.15, 0.2) is 164 Å². The second kappa shape index (κ2) is 15.6. The minimum Gasteiger partial charge on any atom is -0.310 e. The van der Waals surface area contributed by atoms with E-state index in [1.54, 1.807) is 0 Å². The van der Waals surface area contributed by atoms with Crippen LogP contribution in [0.25, 0.3) is 23.3 Å². The number of hydrogen-bond acceptors (Lipinski definition) is 1. The summed E-state index contributed by atoms with van der Waals surface area (Å²) < 4.78 is 0. The van der Waals surface area contributed by atoms with Crippen molar-refractivity contribution in [2.24, 2.45) is 0 Å². The number of benzene rings is 7. The number of hydrogen-bond donors (Lipinski definition) is 0. The van der Waals surface area contributed by atoms with Crippen LogP contribution in [0.1, 0.15) is 66.8 Å². The highest BCUT2D eigenvalue weighted by Crippen LogP contribution is 2.38. The summed E-state index contributed by atoms with van der Waals surface area (Å²) in [5.41, 5.74) is 20.7. The molecular weight excluding hydrogens is 639 g/mol. The maximum absolute atomic E-state index is 2.37. The van der Waals surface area contributed by atoms with Crippen molar-refractivity contribution in [3.8, 4) is 0 Å². The first kappa shape index (κ1) is 35.2. The fraction of sp³-hybridized carbons (Fsp3) is 0.115. The molecule has 0 N–H and O–H groups in total. The van der Waals surface area contributed by atoms with Crippen LogP contribution in [0, 0.1) is 41.5 Å². The van der Waals surface area contributed by atoms with Crippen LogP contribution < -0.4 is 4.90 Å². The van der Waals surface area contributed by atoms with Crippen molar-refractivity contribution in [1.29, 1.82) is 0 Å². The quantitative estimate of drug-likeness (QED) is 0.137. The van der Waals surface area contributed by atoms with E-state index in [2.05, 4.69) is 222 Å². The van der Waals surface area contributed by atoms with Crippen LogP contribution in [-0.2, 0) is 0 Å². The van der Waals surface area contributed by atoms with Crippen molar-refractivity contribution < 1.29 is 0 Å². The molecule has 0 amide bonds. The lowest BCUT2D eigenvalue weighted by atomic mass is 9.93. The van der Waals surface area contributed by atoms with Gasteiger partial charge >= 0.3 is 0 Å². The number of nitrogens with zero attached hydrogens (tertiary/aromatic N) is 1. The van der Waals surface area contributed by atoms with Crippen molar-refractivity contribution in [1.82, 2.24) is 0 Å². The van der Waals surface area contributed by atoms with Gasteiger partial charge in [0.05, 0.1) is 0 Å². The molecule has 0 heterocycles. The Morgan fingerprint density at radius 2 is 0.792 bits per heavy atom. The van der Waals surface area contributed by atoms with Crippen molar-refractivity contribution in [2.45, 2.75) is 41.5 Å². The Labute approximate surface area is 316 Å². The maximum atomic E-state index is 2.37. The highest BCUT2D eigenvalue weighted by atomic mass is 15.1. The summed E-state index contributed by atoms with van der Waals surface area (Å²) in [5.74, 6) is 0. The van der Waals surface area contributed by atoms with Gasteiger partial charge in [0.2, 0.25) is 0 Å². The first-order chi connectivity index (χ1) is 25.7. The van der Waals surface area contributed by atoms with Gasteiger partial charge in [0, 0.05) is 17.1 Å². The Morgan fingerprint density at radius 3 is 1.19 bits per heavy atom. The van der Waals surface area contributed by atoms with E-state index in [1.165, 1.54) is 72.5 Å². The van der Waals surface area contributed by atoms with E-state index in [0.717, 1.165) is 22.5 Å². The lowest BCUT2D eigenvalue weighted by molar-refractivity contribution is 1.24. The molecule has 1 nitrogen and oxygen atoms in total. The zero-order chi connectivity index (χ0) is 36.9. The monoisotopic (exact) mass is 685 g/mol. The third-order valence-electron chi connectivity index (χ3n) is 10.3. The lowest BCUT2D eigenvalue weighted by Crippen LogP contribution is -2.11. The molecule has 0 fully saturated rings.